The minimum absolute atomic E-state index is 0.200. The summed E-state index contributed by atoms with van der Waals surface area (Å²) in [5.74, 6) is 0. The first kappa shape index (κ1) is 8.58. The van der Waals surface area contributed by atoms with Gasteiger partial charge in [0.05, 0.1) is 0 Å². The van der Waals surface area contributed by atoms with E-state index in [1.165, 1.54) is 9.25 Å². The number of nitrogens with zero attached hydrogens (tertiary/aromatic N) is 3. The third-order valence-electron chi connectivity index (χ3n) is 1.42. The molecule has 0 atom stereocenters. The lowest BCUT2D eigenvalue weighted by Gasteiger charge is -1.98. The third kappa shape index (κ3) is 1.39. The van der Waals surface area contributed by atoms with Gasteiger partial charge in [0.15, 0.2) is 0 Å². The minimum Gasteiger partial charge on any atom is -0.459 e. The second-order valence-electron chi connectivity index (χ2n) is 2.35. The third-order valence-corrected chi connectivity index (χ3v) is 1.42. The zero-order chi connectivity index (χ0) is 9.14. The van der Waals surface area contributed by atoms with Crippen LogP contribution in [-0.2, 0) is 14.1 Å². The van der Waals surface area contributed by atoms with Gasteiger partial charge in [0.1, 0.15) is 6.61 Å². The summed E-state index contributed by atoms with van der Waals surface area (Å²) in [6.07, 6.45) is 1.60. The van der Waals surface area contributed by atoms with Crippen LogP contribution in [0.5, 0.6) is 6.01 Å². The molecule has 1 aromatic rings. The van der Waals surface area contributed by atoms with E-state index in [-0.39, 0.29) is 5.69 Å². The Labute approximate surface area is 69.9 Å². The van der Waals surface area contributed by atoms with Crippen molar-refractivity contribution in [2.75, 3.05) is 6.61 Å². The summed E-state index contributed by atoms with van der Waals surface area (Å²) in [5.41, 5.74) is -0.200. The summed E-state index contributed by atoms with van der Waals surface area (Å²) in [5, 5.41) is 3.84. The average Bonchev–Trinajstić information content (AvgIpc) is 2.30. The first-order valence-electron chi connectivity index (χ1n) is 3.50. The number of ether oxygens (including phenoxy) is 1. The van der Waals surface area contributed by atoms with Gasteiger partial charge in [-0.2, -0.15) is 0 Å². The van der Waals surface area contributed by atoms with Crippen LogP contribution in [-0.4, -0.2) is 21.0 Å². The zero-order valence-corrected chi connectivity index (χ0v) is 7.15. The molecule has 0 saturated carbocycles. The molecule has 0 aliphatic rings. The van der Waals surface area contributed by atoms with E-state index in [1.54, 1.807) is 20.2 Å². The number of rotatable bonds is 3. The minimum atomic E-state index is -0.200. The summed E-state index contributed by atoms with van der Waals surface area (Å²) in [7, 11) is 3.18. The van der Waals surface area contributed by atoms with Crippen molar-refractivity contribution in [3.63, 3.8) is 0 Å². The Balaban J connectivity index is 2.93. The van der Waals surface area contributed by atoms with E-state index in [0.29, 0.717) is 12.6 Å². The smallest absolute Gasteiger partial charge is 0.348 e. The van der Waals surface area contributed by atoms with E-state index in [2.05, 4.69) is 11.7 Å². The Morgan fingerprint density at radius 3 is 2.75 bits per heavy atom. The topological polar surface area (TPSA) is 49.1 Å². The van der Waals surface area contributed by atoms with Crippen LogP contribution in [0.3, 0.4) is 0 Å². The number of aromatic nitrogens is 3. The second-order valence-corrected chi connectivity index (χ2v) is 2.35. The zero-order valence-electron chi connectivity index (χ0n) is 7.15. The lowest BCUT2D eigenvalue weighted by Crippen LogP contribution is -2.20. The van der Waals surface area contributed by atoms with Gasteiger partial charge < -0.3 is 4.74 Å². The Kier molecular flexibility index (Phi) is 2.32. The quantitative estimate of drug-likeness (QED) is 0.583. The predicted molar refractivity (Wildman–Crippen MR) is 44.1 cm³/mol. The number of hydrogen-bond donors (Lipinski definition) is 0. The van der Waals surface area contributed by atoms with Crippen LogP contribution >= 0.6 is 0 Å². The molecule has 1 aromatic heterocycles. The molecule has 0 spiro atoms. The fourth-order valence-electron chi connectivity index (χ4n) is 0.796. The van der Waals surface area contributed by atoms with Gasteiger partial charge in [-0.05, 0) is 0 Å². The molecule has 0 aromatic carbocycles. The van der Waals surface area contributed by atoms with Gasteiger partial charge in [-0.3, -0.25) is 0 Å². The van der Waals surface area contributed by atoms with Gasteiger partial charge in [-0.1, -0.05) is 12.7 Å². The van der Waals surface area contributed by atoms with Crippen molar-refractivity contribution < 1.29 is 4.74 Å². The van der Waals surface area contributed by atoms with E-state index in [0.717, 1.165) is 0 Å². The molecule has 1 rings (SSSR count). The fraction of sp³-hybridized carbons (Fsp3) is 0.429. The summed E-state index contributed by atoms with van der Waals surface area (Å²) in [4.78, 5) is 11.1. The normalized spacial score (nSPS) is 9.83. The second kappa shape index (κ2) is 3.25. The Bertz CT molecular complexity index is 337. The van der Waals surface area contributed by atoms with Gasteiger partial charge in [-0.25, -0.2) is 14.0 Å². The van der Waals surface area contributed by atoms with E-state index >= 15 is 0 Å². The number of hydrogen-bond acceptors (Lipinski definition) is 3. The highest BCUT2D eigenvalue weighted by atomic mass is 16.5. The number of aryl methyl sites for hydroxylation is 1. The molecule has 0 saturated heterocycles. The summed E-state index contributed by atoms with van der Waals surface area (Å²) in [6, 6.07) is 0.308. The van der Waals surface area contributed by atoms with Crippen LogP contribution in [0.25, 0.3) is 0 Å². The maximum Gasteiger partial charge on any atom is 0.348 e. The summed E-state index contributed by atoms with van der Waals surface area (Å²) in [6.45, 7) is 3.84. The molecular weight excluding hydrogens is 158 g/mol. The Morgan fingerprint density at radius 2 is 2.33 bits per heavy atom. The molecule has 0 unspecified atom stereocenters. The molecule has 0 N–H and O–H groups in total. The van der Waals surface area contributed by atoms with Crippen molar-refractivity contribution >= 4 is 0 Å². The van der Waals surface area contributed by atoms with E-state index in [1.807, 2.05) is 0 Å². The first-order valence-corrected chi connectivity index (χ1v) is 3.50. The largest absolute Gasteiger partial charge is 0.459 e. The molecule has 0 amide bonds. The van der Waals surface area contributed by atoms with Gasteiger partial charge in [0.2, 0.25) is 0 Å². The molecule has 12 heavy (non-hydrogen) atoms. The van der Waals surface area contributed by atoms with Crippen molar-refractivity contribution in [2.45, 2.75) is 0 Å². The lowest BCUT2D eigenvalue weighted by molar-refractivity contribution is 0.318. The summed E-state index contributed by atoms with van der Waals surface area (Å²) < 4.78 is 7.66. The highest BCUT2D eigenvalue weighted by Crippen LogP contribution is 1.98. The highest BCUT2D eigenvalue weighted by Gasteiger charge is 2.06. The fourth-order valence-corrected chi connectivity index (χ4v) is 0.796. The van der Waals surface area contributed by atoms with Crippen LogP contribution in [0.4, 0.5) is 0 Å². The lowest BCUT2D eigenvalue weighted by atomic mass is 10.7. The standard InChI is InChI=1S/C7H11N3O2/c1-4-5-12-6-8-10(3)7(11)9(6)2/h4H,1,5H2,2-3H3. The molecule has 0 aliphatic heterocycles. The molecule has 1 heterocycles. The average molecular weight is 169 g/mol. The van der Waals surface area contributed by atoms with Crippen molar-refractivity contribution in [3.8, 4) is 6.01 Å². The predicted octanol–water partition coefficient (Wildman–Crippen LogP) is -0.316. The first-order chi connectivity index (χ1) is 5.66. The van der Waals surface area contributed by atoms with Crippen molar-refractivity contribution in [3.05, 3.63) is 23.1 Å². The van der Waals surface area contributed by atoms with Crippen LogP contribution in [0.2, 0.25) is 0 Å². The molecule has 66 valence electrons. The van der Waals surface area contributed by atoms with Crippen molar-refractivity contribution in [1.29, 1.82) is 0 Å². The molecule has 0 bridgehead atoms. The Hall–Kier alpha value is -1.52. The summed E-state index contributed by atoms with van der Waals surface area (Å²) >= 11 is 0. The molecule has 0 radical (unpaired) electrons. The van der Waals surface area contributed by atoms with Gasteiger partial charge in [-0.15, -0.1) is 5.10 Å². The van der Waals surface area contributed by atoms with Crippen molar-refractivity contribution in [1.82, 2.24) is 14.3 Å². The maximum absolute atomic E-state index is 11.1. The maximum atomic E-state index is 11.1. The molecule has 5 nitrogen and oxygen atoms in total. The SMILES string of the molecule is C=CCOc1nn(C)c(=O)n1C. The van der Waals surface area contributed by atoms with Gasteiger partial charge >= 0.3 is 11.7 Å². The Morgan fingerprint density at radius 1 is 1.67 bits per heavy atom. The van der Waals surface area contributed by atoms with Gasteiger partial charge in [0, 0.05) is 14.1 Å². The van der Waals surface area contributed by atoms with Crippen LogP contribution < -0.4 is 10.4 Å². The monoisotopic (exact) mass is 169 g/mol. The van der Waals surface area contributed by atoms with Crippen LogP contribution in [0.1, 0.15) is 0 Å². The van der Waals surface area contributed by atoms with E-state index < -0.39 is 0 Å². The molecule has 0 aliphatic carbocycles. The van der Waals surface area contributed by atoms with Crippen molar-refractivity contribution in [2.24, 2.45) is 14.1 Å². The molecular formula is C7H11N3O2. The molecule has 0 fully saturated rings. The highest BCUT2D eigenvalue weighted by molar-refractivity contribution is 4.93. The van der Waals surface area contributed by atoms with Gasteiger partial charge in [0.25, 0.3) is 0 Å². The van der Waals surface area contributed by atoms with E-state index in [4.69, 9.17) is 4.74 Å². The molecule has 5 heteroatoms. The van der Waals surface area contributed by atoms with Crippen LogP contribution in [0, 0.1) is 0 Å². The van der Waals surface area contributed by atoms with Crippen LogP contribution in [0.15, 0.2) is 17.4 Å². The van der Waals surface area contributed by atoms with E-state index in [9.17, 15) is 4.79 Å².